The normalized spacial score (nSPS) is 11.5. The van der Waals surface area contributed by atoms with Gasteiger partial charge in [-0.2, -0.15) is 23.4 Å². The Hall–Kier alpha value is -2.38. The smallest absolute Gasteiger partial charge is 0.338 e. The van der Waals surface area contributed by atoms with E-state index in [-0.39, 0.29) is 22.4 Å². The highest BCUT2D eigenvalue weighted by Gasteiger charge is 2.36. The highest BCUT2D eigenvalue weighted by atomic mass is 32.2. The fourth-order valence-electron chi connectivity index (χ4n) is 2.04. The molecule has 128 valence electrons. The molecule has 0 atom stereocenters. The van der Waals surface area contributed by atoms with Gasteiger partial charge in [0.05, 0.1) is 27.5 Å². The summed E-state index contributed by atoms with van der Waals surface area (Å²) in [7, 11) is 0. The Morgan fingerprint density at radius 1 is 1.36 bits per heavy atom. The molecule has 3 heterocycles. The molecule has 0 N–H and O–H groups in total. The highest BCUT2D eigenvalue weighted by Crippen LogP contribution is 2.39. The van der Waals surface area contributed by atoms with Gasteiger partial charge < -0.3 is 4.52 Å². The molecule has 0 radical (unpaired) electrons. The SMILES string of the molecule is Cc1noc(CSc2nc(-c3cccs3)cc(C(F)(F)F)c2C#N)n1. The summed E-state index contributed by atoms with van der Waals surface area (Å²) in [6.45, 7) is 1.63. The zero-order valence-corrected chi connectivity index (χ0v) is 14.3. The summed E-state index contributed by atoms with van der Waals surface area (Å²) in [6.07, 6.45) is -4.66. The molecule has 3 rings (SSSR count). The van der Waals surface area contributed by atoms with Crippen molar-refractivity contribution in [2.24, 2.45) is 0 Å². The third-order valence-corrected chi connectivity index (χ3v) is 4.93. The second-order valence-corrected chi connectivity index (χ2v) is 6.76. The molecule has 3 aromatic heterocycles. The summed E-state index contributed by atoms with van der Waals surface area (Å²) in [5, 5.41) is 14.6. The summed E-state index contributed by atoms with van der Waals surface area (Å²) in [4.78, 5) is 8.83. The number of pyridine rings is 1. The van der Waals surface area contributed by atoms with Crippen LogP contribution in [0.1, 0.15) is 22.8 Å². The van der Waals surface area contributed by atoms with Crippen molar-refractivity contribution < 1.29 is 17.7 Å². The van der Waals surface area contributed by atoms with Crippen molar-refractivity contribution in [3.8, 4) is 16.6 Å². The molecule has 0 saturated carbocycles. The summed E-state index contributed by atoms with van der Waals surface area (Å²) >= 11 is 2.23. The molecular weight excluding hydrogens is 373 g/mol. The number of thiophene rings is 1. The zero-order chi connectivity index (χ0) is 18.0. The van der Waals surface area contributed by atoms with E-state index in [1.165, 1.54) is 11.3 Å². The Labute approximate surface area is 148 Å². The number of hydrogen-bond acceptors (Lipinski definition) is 7. The van der Waals surface area contributed by atoms with E-state index in [0.29, 0.717) is 10.7 Å². The van der Waals surface area contributed by atoms with Gasteiger partial charge in [-0.1, -0.05) is 23.0 Å². The van der Waals surface area contributed by atoms with Crippen molar-refractivity contribution >= 4 is 23.1 Å². The second kappa shape index (κ2) is 6.85. The van der Waals surface area contributed by atoms with E-state index in [1.54, 1.807) is 30.5 Å². The number of thioether (sulfide) groups is 1. The van der Waals surface area contributed by atoms with Crippen LogP contribution >= 0.6 is 23.1 Å². The largest absolute Gasteiger partial charge is 0.417 e. The molecule has 0 aliphatic carbocycles. The summed E-state index contributed by atoms with van der Waals surface area (Å²) < 4.78 is 45.1. The summed E-state index contributed by atoms with van der Waals surface area (Å²) in [5.74, 6) is 0.795. The number of aryl methyl sites for hydroxylation is 1. The summed E-state index contributed by atoms with van der Waals surface area (Å²) in [5.41, 5.74) is -1.34. The molecule has 10 heteroatoms. The van der Waals surface area contributed by atoms with Crippen LogP contribution in [0.4, 0.5) is 13.2 Å². The lowest BCUT2D eigenvalue weighted by Crippen LogP contribution is -2.10. The Morgan fingerprint density at radius 2 is 2.16 bits per heavy atom. The first kappa shape index (κ1) is 17.4. The molecule has 0 aliphatic rings. The lowest BCUT2D eigenvalue weighted by molar-refractivity contribution is -0.138. The number of alkyl halides is 3. The van der Waals surface area contributed by atoms with Gasteiger partial charge in [0.15, 0.2) is 5.82 Å². The molecule has 0 amide bonds. The number of halogens is 3. The van der Waals surface area contributed by atoms with Gasteiger partial charge in [-0.25, -0.2) is 4.98 Å². The van der Waals surface area contributed by atoms with Crippen LogP contribution in [0, 0.1) is 18.3 Å². The van der Waals surface area contributed by atoms with E-state index >= 15 is 0 Å². The quantitative estimate of drug-likeness (QED) is 0.610. The molecule has 0 saturated heterocycles. The van der Waals surface area contributed by atoms with Gasteiger partial charge in [0.2, 0.25) is 5.89 Å². The van der Waals surface area contributed by atoms with E-state index in [0.717, 1.165) is 17.8 Å². The Kier molecular flexibility index (Phi) is 4.78. The van der Waals surface area contributed by atoms with Crippen molar-refractivity contribution in [2.45, 2.75) is 23.9 Å². The predicted molar refractivity (Wildman–Crippen MR) is 85.9 cm³/mol. The first-order chi connectivity index (χ1) is 11.9. The molecule has 25 heavy (non-hydrogen) atoms. The Morgan fingerprint density at radius 3 is 2.72 bits per heavy atom. The van der Waals surface area contributed by atoms with E-state index in [2.05, 4.69) is 15.1 Å². The number of hydrogen-bond donors (Lipinski definition) is 0. The monoisotopic (exact) mass is 382 g/mol. The molecule has 0 unspecified atom stereocenters. The van der Waals surface area contributed by atoms with Gasteiger partial charge in [0.1, 0.15) is 11.1 Å². The fraction of sp³-hybridized carbons (Fsp3) is 0.200. The van der Waals surface area contributed by atoms with Crippen molar-refractivity contribution in [3.63, 3.8) is 0 Å². The molecule has 3 aromatic rings. The number of nitrogens with zero attached hydrogens (tertiary/aromatic N) is 4. The van der Waals surface area contributed by atoms with Gasteiger partial charge in [0.25, 0.3) is 0 Å². The number of aromatic nitrogens is 3. The summed E-state index contributed by atoms with van der Waals surface area (Å²) in [6, 6.07) is 5.93. The molecule has 5 nitrogen and oxygen atoms in total. The maximum atomic E-state index is 13.4. The van der Waals surface area contributed by atoms with Crippen LogP contribution < -0.4 is 0 Å². The predicted octanol–water partition coefficient (Wildman–Crippen LogP) is 4.68. The average molecular weight is 382 g/mol. The maximum absolute atomic E-state index is 13.4. The van der Waals surface area contributed by atoms with Crippen LogP contribution in [0.3, 0.4) is 0 Å². The topological polar surface area (TPSA) is 75.6 Å². The van der Waals surface area contributed by atoms with Gasteiger partial charge >= 0.3 is 6.18 Å². The first-order valence-electron chi connectivity index (χ1n) is 6.86. The number of nitriles is 1. The van der Waals surface area contributed by atoms with E-state index in [1.807, 2.05) is 0 Å². The van der Waals surface area contributed by atoms with Crippen LogP contribution in [-0.2, 0) is 11.9 Å². The van der Waals surface area contributed by atoms with Crippen LogP contribution in [0.2, 0.25) is 0 Å². The minimum atomic E-state index is -4.66. The van der Waals surface area contributed by atoms with E-state index in [9.17, 15) is 18.4 Å². The molecular formula is C15H9F3N4OS2. The number of rotatable bonds is 4. The first-order valence-corrected chi connectivity index (χ1v) is 8.73. The van der Waals surface area contributed by atoms with E-state index in [4.69, 9.17) is 4.52 Å². The Bertz CT molecular complexity index is 929. The van der Waals surface area contributed by atoms with Crippen molar-refractivity contribution in [1.29, 1.82) is 5.26 Å². The lowest BCUT2D eigenvalue weighted by atomic mass is 10.1. The van der Waals surface area contributed by atoms with Crippen LogP contribution in [-0.4, -0.2) is 15.1 Å². The Balaban J connectivity index is 2.05. The van der Waals surface area contributed by atoms with Gasteiger partial charge in [-0.15, -0.1) is 11.3 Å². The molecule has 0 bridgehead atoms. The molecule has 0 spiro atoms. The molecule has 0 aliphatic heterocycles. The van der Waals surface area contributed by atoms with Gasteiger partial charge in [-0.3, -0.25) is 0 Å². The maximum Gasteiger partial charge on any atom is 0.417 e. The standard InChI is InChI=1S/C15H9F3N4OS2/c1-8-20-13(23-22-8)7-25-14-9(6-19)10(15(16,17)18)5-11(21-14)12-3-2-4-24-12/h2-5H,7H2,1H3. The third-order valence-electron chi connectivity index (χ3n) is 3.08. The average Bonchev–Trinajstić information content (AvgIpc) is 3.22. The zero-order valence-electron chi connectivity index (χ0n) is 12.7. The molecule has 0 fully saturated rings. The van der Waals surface area contributed by atoms with Crippen molar-refractivity contribution in [3.05, 3.63) is 46.4 Å². The molecule has 0 aromatic carbocycles. The second-order valence-electron chi connectivity index (χ2n) is 4.85. The van der Waals surface area contributed by atoms with Gasteiger partial charge in [-0.05, 0) is 24.4 Å². The minimum Gasteiger partial charge on any atom is -0.338 e. The highest BCUT2D eigenvalue weighted by molar-refractivity contribution is 7.98. The van der Waals surface area contributed by atoms with Gasteiger partial charge in [0, 0.05) is 0 Å². The van der Waals surface area contributed by atoms with E-state index < -0.39 is 17.3 Å². The van der Waals surface area contributed by atoms with Crippen molar-refractivity contribution in [2.75, 3.05) is 0 Å². The van der Waals surface area contributed by atoms with Crippen molar-refractivity contribution in [1.82, 2.24) is 15.1 Å². The van der Waals surface area contributed by atoms with Crippen LogP contribution in [0.5, 0.6) is 0 Å². The fourth-order valence-corrected chi connectivity index (χ4v) is 3.56. The third kappa shape index (κ3) is 3.83. The lowest BCUT2D eigenvalue weighted by Gasteiger charge is -2.13. The van der Waals surface area contributed by atoms with Crippen LogP contribution in [0.25, 0.3) is 10.6 Å². The minimum absolute atomic E-state index is 0.0171. The van der Waals surface area contributed by atoms with Crippen LogP contribution in [0.15, 0.2) is 33.1 Å².